The van der Waals surface area contributed by atoms with Gasteiger partial charge in [-0.1, -0.05) is 74.9 Å². The fourth-order valence-corrected chi connectivity index (χ4v) is 5.44. The molecule has 1 N–H and O–H groups in total. The summed E-state index contributed by atoms with van der Waals surface area (Å²) in [5, 5.41) is 11.9. The lowest BCUT2D eigenvalue weighted by Gasteiger charge is -2.23. The number of benzene rings is 3. The first kappa shape index (κ1) is 30.0. The molecule has 0 aliphatic rings. The van der Waals surface area contributed by atoms with Crippen LogP contribution in [0, 0.1) is 17.8 Å². The van der Waals surface area contributed by atoms with E-state index in [1.807, 2.05) is 82.3 Å². The average Bonchev–Trinajstić information content (AvgIpc) is 3.23. The molecule has 2 heterocycles. The molecule has 0 atom stereocenters. The Bertz CT molecular complexity index is 1810. The molecule has 0 amide bonds. The molecule has 2 aromatic heterocycles. The van der Waals surface area contributed by atoms with Gasteiger partial charge >= 0.3 is 5.97 Å². The Hall–Kier alpha value is -4.45. The minimum absolute atomic E-state index is 0.00434. The number of ketones is 1. The van der Waals surface area contributed by atoms with Gasteiger partial charge in [-0.15, -0.1) is 0 Å². The molecular formula is C37H40N2O4. The number of carbonyl (C=O) groups excluding carboxylic acids is 1. The predicted molar refractivity (Wildman–Crippen MR) is 172 cm³/mol. The molecule has 6 heteroatoms. The van der Waals surface area contributed by atoms with Crippen molar-refractivity contribution in [3.05, 3.63) is 107 Å². The zero-order valence-corrected chi connectivity index (χ0v) is 25.9. The van der Waals surface area contributed by atoms with Crippen LogP contribution in [0.1, 0.15) is 73.9 Å². The van der Waals surface area contributed by atoms with Gasteiger partial charge in [-0.2, -0.15) is 0 Å². The third kappa shape index (κ3) is 6.80. The van der Waals surface area contributed by atoms with Gasteiger partial charge in [-0.3, -0.25) is 9.59 Å². The van der Waals surface area contributed by atoms with Crippen LogP contribution in [0.4, 0.5) is 0 Å². The highest BCUT2D eigenvalue weighted by atomic mass is 16.5. The summed E-state index contributed by atoms with van der Waals surface area (Å²) in [7, 11) is 0. The second-order valence-corrected chi connectivity index (χ2v) is 13.4. The fraction of sp³-hybridized carbons (Fsp3) is 0.324. The zero-order valence-electron chi connectivity index (χ0n) is 25.9. The van der Waals surface area contributed by atoms with E-state index in [1.54, 1.807) is 13.8 Å². The van der Waals surface area contributed by atoms with Crippen LogP contribution in [0.25, 0.3) is 21.8 Å². The monoisotopic (exact) mass is 576 g/mol. The highest BCUT2D eigenvalue weighted by Crippen LogP contribution is 2.37. The first-order valence-corrected chi connectivity index (χ1v) is 14.8. The maximum absolute atomic E-state index is 14.1. The van der Waals surface area contributed by atoms with E-state index in [2.05, 4.69) is 28.8 Å². The molecule has 0 spiro atoms. The topological polar surface area (TPSA) is 81.4 Å². The Morgan fingerprint density at radius 1 is 0.907 bits per heavy atom. The number of aromatic nitrogens is 2. The minimum atomic E-state index is -1.07. The van der Waals surface area contributed by atoms with Crippen LogP contribution < -0.4 is 4.74 Å². The average molecular weight is 577 g/mol. The third-order valence-electron chi connectivity index (χ3n) is 7.80. The van der Waals surface area contributed by atoms with Crippen molar-refractivity contribution < 1.29 is 19.4 Å². The second-order valence-electron chi connectivity index (χ2n) is 13.4. The molecule has 5 rings (SSSR count). The molecule has 0 aliphatic heterocycles. The maximum atomic E-state index is 14.1. The van der Waals surface area contributed by atoms with Crippen LogP contribution in [-0.4, -0.2) is 26.4 Å². The number of fused-ring (bicyclic) bond motifs is 2. The number of aryl methyl sites for hydroxylation is 1. The van der Waals surface area contributed by atoms with Gasteiger partial charge in [0.2, 0.25) is 0 Å². The van der Waals surface area contributed by atoms with Crippen molar-refractivity contribution >= 4 is 33.6 Å². The molecule has 222 valence electrons. The van der Waals surface area contributed by atoms with E-state index in [0.717, 1.165) is 44.3 Å². The number of aliphatic carboxylic acids is 1. The maximum Gasteiger partial charge on any atom is 0.309 e. The van der Waals surface area contributed by atoms with E-state index in [-0.39, 0.29) is 24.2 Å². The van der Waals surface area contributed by atoms with Gasteiger partial charge in [0.25, 0.3) is 0 Å². The summed E-state index contributed by atoms with van der Waals surface area (Å²) in [5.74, 6) is -0.269. The number of carboxylic acids is 1. The summed E-state index contributed by atoms with van der Waals surface area (Å²) in [6, 6.07) is 26.1. The zero-order chi connectivity index (χ0) is 30.9. The number of Topliss-reactive ketones (excluding diaryl/α,β-unsaturated/α-hetero) is 1. The largest absolute Gasteiger partial charge is 0.487 e. The SMILES string of the molecule is Cc1ccc(Cn2c(CC(C)(C)C(=O)O)c(C(=O)CC(C)(C)C)c3cc(OCc4ccc5ccccc5n4)ccc32)cc1. The van der Waals surface area contributed by atoms with Gasteiger partial charge in [0.05, 0.1) is 16.6 Å². The molecule has 0 aliphatic carbocycles. The lowest BCUT2D eigenvalue weighted by Crippen LogP contribution is -2.28. The highest BCUT2D eigenvalue weighted by Gasteiger charge is 2.34. The molecule has 3 aromatic carbocycles. The quantitative estimate of drug-likeness (QED) is 0.169. The fourth-order valence-electron chi connectivity index (χ4n) is 5.44. The van der Waals surface area contributed by atoms with E-state index < -0.39 is 11.4 Å². The van der Waals surface area contributed by atoms with Crippen molar-refractivity contribution in [1.82, 2.24) is 9.55 Å². The predicted octanol–water partition coefficient (Wildman–Crippen LogP) is 8.40. The normalized spacial score (nSPS) is 12.1. The molecule has 43 heavy (non-hydrogen) atoms. The second kappa shape index (κ2) is 11.7. The van der Waals surface area contributed by atoms with E-state index in [1.165, 1.54) is 0 Å². The molecule has 0 saturated heterocycles. The van der Waals surface area contributed by atoms with Crippen molar-refractivity contribution in [2.75, 3.05) is 0 Å². The molecular weight excluding hydrogens is 536 g/mol. The van der Waals surface area contributed by atoms with Crippen molar-refractivity contribution in [2.45, 2.75) is 67.5 Å². The Balaban J connectivity index is 1.62. The number of carbonyl (C=O) groups is 2. The number of para-hydroxylation sites is 1. The smallest absolute Gasteiger partial charge is 0.309 e. The summed E-state index contributed by atoms with van der Waals surface area (Å²) in [6.45, 7) is 12.4. The molecule has 0 unspecified atom stereocenters. The Morgan fingerprint density at radius 2 is 1.63 bits per heavy atom. The van der Waals surface area contributed by atoms with Gasteiger partial charge in [0.1, 0.15) is 12.4 Å². The van der Waals surface area contributed by atoms with Gasteiger partial charge in [0.15, 0.2) is 5.78 Å². The first-order valence-electron chi connectivity index (χ1n) is 14.8. The summed E-state index contributed by atoms with van der Waals surface area (Å²) in [5.41, 5.74) is 4.86. The molecule has 5 aromatic rings. The lowest BCUT2D eigenvalue weighted by atomic mass is 9.83. The number of nitrogens with zero attached hydrogens (tertiary/aromatic N) is 2. The van der Waals surface area contributed by atoms with Crippen LogP contribution in [0.15, 0.2) is 78.9 Å². The highest BCUT2D eigenvalue weighted by molar-refractivity contribution is 6.10. The van der Waals surface area contributed by atoms with Crippen LogP contribution in [0.5, 0.6) is 5.75 Å². The summed E-state index contributed by atoms with van der Waals surface area (Å²) in [4.78, 5) is 31.1. The molecule has 0 radical (unpaired) electrons. The van der Waals surface area contributed by atoms with Crippen molar-refractivity contribution in [2.24, 2.45) is 10.8 Å². The minimum Gasteiger partial charge on any atom is -0.487 e. The van der Waals surface area contributed by atoms with Crippen LogP contribution in [0.3, 0.4) is 0 Å². The number of carboxylic acid groups (broad SMARTS) is 1. The molecule has 0 bridgehead atoms. The number of rotatable bonds is 10. The van der Waals surface area contributed by atoms with Gasteiger partial charge < -0.3 is 14.4 Å². The Kier molecular flexibility index (Phi) is 8.15. The van der Waals surface area contributed by atoms with Crippen molar-refractivity contribution in [3.63, 3.8) is 0 Å². The van der Waals surface area contributed by atoms with Crippen molar-refractivity contribution in [1.29, 1.82) is 0 Å². The van der Waals surface area contributed by atoms with E-state index >= 15 is 0 Å². The molecule has 0 fully saturated rings. The summed E-state index contributed by atoms with van der Waals surface area (Å²) >= 11 is 0. The van der Waals surface area contributed by atoms with E-state index in [4.69, 9.17) is 9.72 Å². The Morgan fingerprint density at radius 3 is 2.33 bits per heavy atom. The standard InChI is InChI=1S/C37H40N2O4/c1-24-11-13-25(14-12-24)22-39-31-18-17-28(43-23-27-16-15-26-9-7-8-10-30(26)38-27)19-29(31)34(33(40)21-36(2,3)4)32(39)20-37(5,6)35(41)42/h7-19H,20-23H2,1-6H3,(H,41,42). The van der Waals surface area contributed by atoms with Gasteiger partial charge in [0, 0.05) is 46.9 Å². The van der Waals surface area contributed by atoms with Crippen LogP contribution in [0.2, 0.25) is 0 Å². The van der Waals surface area contributed by atoms with Crippen LogP contribution in [-0.2, 0) is 24.4 Å². The van der Waals surface area contributed by atoms with Gasteiger partial charge in [-0.25, -0.2) is 4.98 Å². The van der Waals surface area contributed by atoms with Crippen LogP contribution >= 0.6 is 0 Å². The molecule has 6 nitrogen and oxygen atoms in total. The number of hydrogen-bond acceptors (Lipinski definition) is 4. The number of hydrogen-bond donors (Lipinski definition) is 1. The molecule has 0 saturated carbocycles. The van der Waals surface area contributed by atoms with Gasteiger partial charge in [-0.05, 0) is 62.1 Å². The summed E-state index contributed by atoms with van der Waals surface area (Å²) in [6.07, 6.45) is 0.550. The first-order chi connectivity index (χ1) is 20.3. The number of pyridine rings is 1. The third-order valence-corrected chi connectivity index (χ3v) is 7.80. The summed E-state index contributed by atoms with van der Waals surface area (Å²) < 4.78 is 8.35. The number of ether oxygens (including phenoxy) is 1. The van der Waals surface area contributed by atoms with E-state index in [0.29, 0.717) is 24.3 Å². The Labute approximate surface area is 253 Å². The van der Waals surface area contributed by atoms with Crippen molar-refractivity contribution in [3.8, 4) is 5.75 Å². The lowest BCUT2D eigenvalue weighted by molar-refractivity contribution is -0.146. The van der Waals surface area contributed by atoms with E-state index in [9.17, 15) is 14.7 Å².